The van der Waals surface area contributed by atoms with Gasteiger partial charge < -0.3 is 10.0 Å². The minimum Gasteiger partial charge on any atom is -0.391 e. The fourth-order valence-corrected chi connectivity index (χ4v) is 2.39. The zero-order valence-corrected chi connectivity index (χ0v) is 10.7. The third-order valence-electron chi connectivity index (χ3n) is 3.15. The van der Waals surface area contributed by atoms with E-state index in [0.29, 0.717) is 37.6 Å². The highest BCUT2D eigenvalue weighted by atomic mass is 16.6. The van der Waals surface area contributed by atoms with Crippen LogP contribution in [0.5, 0.6) is 0 Å². The molecular weight excluding hydrogens is 236 g/mol. The predicted octanol–water partition coefficient (Wildman–Crippen LogP) is 1.08. The first kappa shape index (κ1) is 12.8. The molecule has 1 saturated heterocycles. The lowest BCUT2D eigenvalue weighted by Crippen LogP contribution is -2.25. The fraction of sp³-hybridized carbons (Fsp3) is 0.727. The van der Waals surface area contributed by atoms with Crippen LogP contribution in [0.1, 0.15) is 25.5 Å². The zero-order valence-electron chi connectivity index (χ0n) is 10.7. The number of aliphatic hydroxyl groups excluding tert-OH is 1. The van der Waals surface area contributed by atoms with Crippen molar-refractivity contribution in [2.75, 3.05) is 18.0 Å². The van der Waals surface area contributed by atoms with Gasteiger partial charge in [-0.3, -0.25) is 10.1 Å². The molecule has 1 aliphatic rings. The van der Waals surface area contributed by atoms with E-state index in [1.54, 1.807) is 11.6 Å². The van der Waals surface area contributed by atoms with Gasteiger partial charge in [-0.1, -0.05) is 6.92 Å². The number of nitrogens with zero attached hydrogens (tertiary/aromatic N) is 4. The van der Waals surface area contributed by atoms with Crippen molar-refractivity contribution in [3.8, 4) is 0 Å². The Kier molecular flexibility index (Phi) is 3.51. The molecule has 0 spiro atoms. The third kappa shape index (κ3) is 2.17. The number of hydrogen-bond donors (Lipinski definition) is 1. The molecule has 0 saturated carbocycles. The Hall–Kier alpha value is -1.63. The highest BCUT2D eigenvalue weighted by Crippen LogP contribution is 2.33. The SMILES string of the molecule is CCCn1nc(C)c([N+](=O)[O-])c1N1CCC(O)C1. The van der Waals surface area contributed by atoms with Crippen molar-refractivity contribution in [2.45, 2.75) is 39.3 Å². The maximum absolute atomic E-state index is 11.2. The molecule has 1 unspecified atom stereocenters. The van der Waals surface area contributed by atoms with E-state index in [0.717, 1.165) is 6.42 Å². The summed E-state index contributed by atoms with van der Waals surface area (Å²) in [6, 6.07) is 0. The smallest absolute Gasteiger partial charge is 0.333 e. The summed E-state index contributed by atoms with van der Waals surface area (Å²) in [5.41, 5.74) is 0.502. The van der Waals surface area contributed by atoms with Gasteiger partial charge in [-0.05, 0) is 19.8 Å². The molecule has 7 heteroatoms. The molecule has 7 nitrogen and oxygen atoms in total. The van der Waals surface area contributed by atoms with Gasteiger partial charge in [0.2, 0.25) is 5.82 Å². The number of rotatable bonds is 4. The van der Waals surface area contributed by atoms with Crippen LogP contribution in [-0.2, 0) is 6.54 Å². The Balaban J connectivity index is 2.43. The Morgan fingerprint density at radius 1 is 1.61 bits per heavy atom. The lowest BCUT2D eigenvalue weighted by molar-refractivity contribution is -0.384. The van der Waals surface area contributed by atoms with Crippen molar-refractivity contribution in [1.82, 2.24) is 9.78 Å². The van der Waals surface area contributed by atoms with Gasteiger partial charge in [-0.2, -0.15) is 5.10 Å². The van der Waals surface area contributed by atoms with Gasteiger partial charge in [-0.25, -0.2) is 4.68 Å². The Labute approximate surface area is 105 Å². The Morgan fingerprint density at radius 3 is 2.83 bits per heavy atom. The van der Waals surface area contributed by atoms with Gasteiger partial charge in [0.05, 0.1) is 11.0 Å². The predicted molar refractivity (Wildman–Crippen MR) is 66.7 cm³/mol. The first-order valence-electron chi connectivity index (χ1n) is 6.19. The van der Waals surface area contributed by atoms with E-state index >= 15 is 0 Å². The first-order valence-corrected chi connectivity index (χ1v) is 6.19. The number of aryl methyl sites for hydroxylation is 2. The van der Waals surface area contributed by atoms with Crippen molar-refractivity contribution < 1.29 is 10.0 Å². The van der Waals surface area contributed by atoms with E-state index in [-0.39, 0.29) is 10.6 Å². The largest absolute Gasteiger partial charge is 0.391 e. The van der Waals surface area contributed by atoms with Crippen LogP contribution in [-0.4, -0.2) is 39.0 Å². The molecule has 1 fully saturated rings. The van der Waals surface area contributed by atoms with Gasteiger partial charge in [0, 0.05) is 19.6 Å². The van der Waals surface area contributed by atoms with Crippen LogP contribution in [0.3, 0.4) is 0 Å². The molecule has 2 rings (SSSR count). The number of aliphatic hydroxyl groups is 1. The van der Waals surface area contributed by atoms with Crippen LogP contribution in [0.2, 0.25) is 0 Å². The quantitative estimate of drug-likeness (QED) is 0.642. The summed E-state index contributed by atoms with van der Waals surface area (Å²) in [7, 11) is 0. The molecule has 0 aromatic carbocycles. The molecular formula is C11H18N4O3. The van der Waals surface area contributed by atoms with E-state index in [1.807, 2.05) is 11.8 Å². The monoisotopic (exact) mass is 254 g/mol. The highest BCUT2D eigenvalue weighted by molar-refractivity contribution is 5.62. The van der Waals surface area contributed by atoms with Crippen LogP contribution < -0.4 is 4.90 Å². The van der Waals surface area contributed by atoms with Crippen LogP contribution in [0, 0.1) is 17.0 Å². The van der Waals surface area contributed by atoms with Gasteiger partial charge >= 0.3 is 5.69 Å². The molecule has 2 heterocycles. The summed E-state index contributed by atoms with van der Waals surface area (Å²) in [5, 5.41) is 25.0. The maximum Gasteiger partial charge on any atom is 0.333 e. The number of anilines is 1. The topological polar surface area (TPSA) is 84.4 Å². The average Bonchev–Trinajstić information content (AvgIpc) is 2.83. The third-order valence-corrected chi connectivity index (χ3v) is 3.15. The van der Waals surface area contributed by atoms with E-state index in [9.17, 15) is 15.2 Å². The molecule has 1 N–H and O–H groups in total. The molecule has 1 atom stereocenters. The molecule has 100 valence electrons. The summed E-state index contributed by atoms with van der Waals surface area (Å²) in [6.07, 6.45) is 1.10. The van der Waals surface area contributed by atoms with E-state index in [1.165, 1.54) is 0 Å². The second-order valence-corrected chi connectivity index (χ2v) is 4.63. The minimum atomic E-state index is -0.408. The summed E-state index contributed by atoms with van der Waals surface area (Å²) in [5.74, 6) is 0.538. The van der Waals surface area contributed by atoms with Gasteiger partial charge in [0.25, 0.3) is 0 Å². The highest BCUT2D eigenvalue weighted by Gasteiger charge is 2.32. The molecule has 1 aromatic heterocycles. The van der Waals surface area contributed by atoms with E-state index in [4.69, 9.17) is 0 Å². The molecule has 1 aliphatic heterocycles. The van der Waals surface area contributed by atoms with Crippen LogP contribution in [0.15, 0.2) is 0 Å². The second kappa shape index (κ2) is 4.93. The summed E-state index contributed by atoms with van der Waals surface area (Å²) >= 11 is 0. The second-order valence-electron chi connectivity index (χ2n) is 4.63. The summed E-state index contributed by atoms with van der Waals surface area (Å²) < 4.78 is 1.69. The van der Waals surface area contributed by atoms with Gasteiger partial charge in [-0.15, -0.1) is 0 Å². The van der Waals surface area contributed by atoms with Crippen molar-refractivity contribution in [3.05, 3.63) is 15.8 Å². The summed E-state index contributed by atoms with van der Waals surface area (Å²) in [4.78, 5) is 12.6. The number of hydrogen-bond acceptors (Lipinski definition) is 5. The van der Waals surface area contributed by atoms with E-state index in [2.05, 4.69) is 5.10 Å². The summed E-state index contributed by atoms with van der Waals surface area (Å²) in [6.45, 7) is 5.38. The Morgan fingerprint density at radius 2 is 2.33 bits per heavy atom. The molecule has 0 radical (unpaired) electrons. The lowest BCUT2D eigenvalue weighted by Gasteiger charge is -2.18. The minimum absolute atomic E-state index is 0.0672. The number of aromatic nitrogens is 2. The van der Waals surface area contributed by atoms with Crippen LogP contribution in [0.4, 0.5) is 11.5 Å². The van der Waals surface area contributed by atoms with Crippen molar-refractivity contribution in [3.63, 3.8) is 0 Å². The van der Waals surface area contributed by atoms with Crippen molar-refractivity contribution >= 4 is 11.5 Å². The average molecular weight is 254 g/mol. The fourth-order valence-electron chi connectivity index (χ4n) is 2.39. The molecule has 0 amide bonds. The maximum atomic E-state index is 11.2. The number of β-amino-alcohol motifs (C(OH)–C–C–N with tert-alkyl or cyclic N) is 1. The lowest BCUT2D eigenvalue weighted by atomic mass is 10.3. The molecule has 0 aliphatic carbocycles. The van der Waals surface area contributed by atoms with Crippen molar-refractivity contribution in [1.29, 1.82) is 0 Å². The van der Waals surface area contributed by atoms with Gasteiger partial charge in [0.15, 0.2) is 0 Å². The van der Waals surface area contributed by atoms with Crippen molar-refractivity contribution in [2.24, 2.45) is 0 Å². The molecule has 1 aromatic rings. The standard InChI is InChI=1S/C11H18N4O3/c1-3-5-14-11(13-6-4-9(16)7-13)10(15(17)18)8(2)12-14/h9,16H,3-7H2,1-2H3. The van der Waals surface area contributed by atoms with Crippen LogP contribution in [0.25, 0.3) is 0 Å². The zero-order chi connectivity index (χ0) is 13.3. The Bertz CT molecular complexity index is 457. The van der Waals surface area contributed by atoms with E-state index < -0.39 is 6.10 Å². The first-order chi connectivity index (χ1) is 8.54. The van der Waals surface area contributed by atoms with Gasteiger partial charge in [0.1, 0.15) is 5.69 Å². The molecule has 0 bridgehead atoms. The van der Waals surface area contributed by atoms with Crippen LogP contribution >= 0.6 is 0 Å². The molecule has 18 heavy (non-hydrogen) atoms. The normalized spacial score (nSPS) is 19.5. The number of nitro groups is 1.